The van der Waals surface area contributed by atoms with Crippen molar-refractivity contribution in [2.75, 3.05) is 26.8 Å². The molecule has 0 aromatic heterocycles. The Morgan fingerprint density at radius 2 is 1.90 bits per heavy atom. The smallest absolute Gasteiger partial charge is 0.410 e. The van der Waals surface area contributed by atoms with Crippen LogP contribution in [-0.4, -0.2) is 43.4 Å². The van der Waals surface area contributed by atoms with Crippen molar-refractivity contribution in [3.8, 4) is 17.6 Å². The highest BCUT2D eigenvalue weighted by atomic mass is 16.6. The molecule has 164 valence electrons. The monoisotopic (exact) mass is 422 g/mol. The van der Waals surface area contributed by atoms with E-state index in [2.05, 4.69) is 18.2 Å². The average molecular weight is 423 g/mol. The molecule has 1 heterocycles. The normalized spacial score (nSPS) is 18.7. The molecule has 0 saturated carbocycles. The third kappa shape index (κ3) is 6.14. The van der Waals surface area contributed by atoms with Crippen LogP contribution in [0.1, 0.15) is 44.2 Å². The first kappa shape index (κ1) is 22.5. The van der Waals surface area contributed by atoms with Crippen molar-refractivity contribution in [1.29, 1.82) is 5.26 Å². The maximum atomic E-state index is 12.7. The molecule has 0 aliphatic carbocycles. The number of nitrogens with zero attached hydrogens (tertiary/aromatic N) is 2. The molecule has 6 heteroatoms. The molecule has 1 amide bonds. The van der Waals surface area contributed by atoms with Gasteiger partial charge in [0.15, 0.2) is 0 Å². The Labute approximate surface area is 184 Å². The number of benzene rings is 2. The highest BCUT2D eigenvalue weighted by Gasteiger charge is 2.34. The lowest BCUT2D eigenvalue weighted by atomic mass is 9.81. The van der Waals surface area contributed by atoms with Crippen LogP contribution in [0.25, 0.3) is 0 Å². The number of hydrogen-bond acceptors (Lipinski definition) is 5. The molecular weight excluding hydrogens is 392 g/mol. The van der Waals surface area contributed by atoms with Gasteiger partial charge in [-0.15, -0.1) is 0 Å². The number of carbonyl (C=O) groups excluding carboxylic acids is 1. The highest BCUT2D eigenvalue weighted by Crippen LogP contribution is 2.35. The van der Waals surface area contributed by atoms with E-state index >= 15 is 0 Å². The second-order valence-corrected chi connectivity index (χ2v) is 8.81. The van der Waals surface area contributed by atoms with Crippen molar-refractivity contribution in [2.24, 2.45) is 5.92 Å². The lowest BCUT2D eigenvalue weighted by molar-refractivity contribution is 0.0111. The van der Waals surface area contributed by atoms with Crippen molar-refractivity contribution < 1.29 is 19.0 Å². The first-order chi connectivity index (χ1) is 14.8. The zero-order valence-electron chi connectivity index (χ0n) is 18.6. The molecule has 0 radical (unpaired) electrons. The molecule has 2 atom stereocenters. The lowest BCUT2D eigenvalue weighted by Gasteiger charge is -2.39. The van der Waals surface area contributed by atoms with Gasteiger partial charge in [-0.2, -0.15) is 5.26 Å². The molecule has 2 aromatic carbocycles. The van der Waals surface area contributed by atoms with Gasteiger partial charge in [-0.3, -0.25) is 0 Å². The van der Waals surface area contributed by atoms with Gasteiger partial charge in [0.05, 0.1) is 25.3 Å². The summed E-state index contributed by atoms with van der Waals surface area (Å²) < 4.78 is 16.9. The number of nitriles is 1. The average Bonchev–Trinajstić information content (AvgIpc) is 2.76. The van der Waals surface area contributed by atoms with Crippen LogP contribution in [0.3, 0.4) is 0 Å². The summed E-state index contributed by atoms with van der Waals surface area (Å²) in [6.07, 6.45) is 0.523. The van der Waals surface area contributed by atoms with Gasteiger partial charge in [-0.1, -0.05) is 18.2 Å². The summed E-state index contributed by atoms with van der Waals surface area (Å²) in [6.45, 7) is 7.23. The van der Waals surface area contributed by atoms with Gasteiger partial charge in [0, 0.05) is 19.0 Å². The second-order valence-electron chi connectivity index (χ2n) is 8.81. The van der Waals surface area contributed by atoms with Gasteiger partial charge >= 0.3 is 6.09 Å². The molecule has 1 saturated heterocycles. The first-order valence-corrected chi connectivity index (χ1v) is 10.5. The Hall–Kier alpha value is -3.20. The van der Waals surface area contributed by atoms with Gasteiger partial charge in [0.2, 0.25) is 0 Å². The molecule has 0 bridgehead atoms. The minimum Gasteiger partial charge on any atom is -0.497 e. The molecule has 6 nitrogen and oxygen atoms in total. The molecule has 1 aliphatic heterocycles. The molecule has 0 N–H and O–H groups in total. The molecule has 0 unspecified atom stereocenters. The number of ether oxygens (including phenoxy) is 3. The number of carbonyl (C=O) groups is 1. The van der Waals surface area contributed by atoms with Gasteiger partial charge in [-0.25, -0.2) is 4.79 Å². The molecule has 1 aliphatic rings. The van der Waals surface area contributed by atoms with Crippen molar-refractivity contribution in [1.82, 2.24) is 4.90 Å². The van der Waals surface area contributed by atoms with Crippen LogP contribution < -0.4 is 9.47 Å². The minimum atomic E-state index is -0.534. The van der Waals surface area contributed by atoms with E-state index in [1.807, 2.05) is 45.0 Å². The van der Waals surface area contributed by atoms with Gasteiger partial charge in [0.1, 0.15) is 17.1 Å². The molecule has 0 spiro atoms. The van der Waals surface area contributed by atoms with Crippen LogP contribution in [0, 0.1) is 17.2 Å². The molecule has 31 heavy (non-hydrogen) atoms. The molecule has 2 aromatic rings. The molecule has 3 rings (SSSR count). The zero-order valence-corrected chi connectivity index (χ0v) is 18.6. The van der Waals surface area contributed by atoms with E-state index in [0.29, 0.717) is 31.0 Å². The van der Waals surface area contributed by atoms with Crippen LogP contribution >= 0.6 is 0 Å². The summed E-state index contributed by atoms with van der Waals surface area (Å²) in [5, 5.41) is 9.13. The Balaban J connectivity index is 1.77. The second kappa shape index (κ2) is 9.74. The zero-order chi connectivity index (χ0) is 22.4. The summed E-state index contributed by atoms with van der Waals surface area (Å²) in [5.74, 6) is 1.79. The largest absolute Gasteiger partial charge is 0.497 e. The van der Waals surface area contributed by atoms with E-state index in [9.17, 15) is 4.79 Å². The predicted molar refractivity (Wildman–Crippen MR) is 118 cm³/mol. The van der Waals surface area contributed by atoms with Gasteiger partial charge in [-0.05, 0) is 69.0 Å². The van der Waals surface area contributed by atoms with Crippen molar-refractivity contribution in [3.05, 3.63) is 59.7 Å². The topological polar surface area (TPSA) is 71.8 Å². The summed E-state index contributed by atoms with van der Waals surface area (Å²) in [7, 11) is 1.65. The van der Waals surface area contributed by atoms with E-state index in [0.717, 1.165) is 12.2 Å². The first-order valence-electron chi connectivity index (χ1n) is 10.5. The summed E-state index contributed by atoms with van der Waals surface area (Å²) in [5.41, 5.74) is 1.22. The Morgan fingerprint density at radius 3 is 2.55 bits per heavy atom. The fourth-order valence-electron chi connectivity index (χ4n) is 3.84. The van der Waals surface area contributed by atoms with E-state index < -0.39 is 5.60 Å². The molecular formula is C25H30N2O4. The molecule has 1 fully saturated rings. The number of methoxy groups -OCH3 is 1. The van der Waals surface area contributed by atoms with Crippen LogP contribution in [0.15, 0.2) is 48.5 Å². The van der Waals surface area contributed by atoms with E-state index in [4.69, 9.17) is 19.5 Å². The number of hydrogen-bond donors (Lipinski definition) is 0. The Bertz CT molecular complexity index is 928. The quantitative estimate of drug-likeness (QED) is 0.679. The van der Waals surface area contributed by atoms with Crippen molar-refractivity contribution >= 4 is 6.09 Å². The number of piperidine rings is 1. The van der Waals surface area contributed by atoms with E-state index in [-0.39, 0.29) is 17.9 Å². The SMILES string of the molecule is COc1ccc([C@H]2CCN(C(=O)OC(C)(C)C)C[C@H]2COc2cccc(C#N)c2)cc1. The fourth-order valence-corrected chi connectivity index (χ4v) is 3.84. The van der Waals surface area contributed by atoms with Crippen LogP contribution in [-0.2, 0) is 4.74 Å². The number of amides is 1. The third-order valence-electron chi connectivity index (χ3n) is 5.36. The summed E-state index contributed by atoms with van der Waals surface area (Å²) in [4.78, 5) is 14.4. The number of likely N-dealkylation sites (tertiary alicyclic amines) is 1. The van der Waals surface area contributed by atoms with Crippen LogP contribution in [0.2, 0.25) is 0 Å². The van der Waals surface area contributed by atoms with Crippen LogP contribution in [0.5, 0.6) is 11.5 Å². The van der Waals surface area contributed by atoms with E-state index in [1.54, 1.807) is 24.1 Å². The predicted octanol–water partition coefficient (Wildman–Crippen LogP) is 4.99. The third-order valence-corrected chi connectivity index (χ3v) is 5.36. The van der Waals surface area contributed by atoms with Crippen molar-refractivity contribution in [3.63, 3.8) is 0 Å². The van der Waals surface area contributed by atoms with Gasteiger partial charge in [0.25, 0.3) is 0 Å². The van der Waals surface area contributed by atoms with Crippen molar-refractivity contribution in [2.45, 2.75) is 38.7 Å². The maximum absolute atomic E-state index is 12.7. The minimum absolute atomic E-state index is 0.0837. The van der Waals surface area contributed by atoms with Crippen LogP contribution in [0.4, 0.5) is 4.79 Å². The standard InChI is InChI=1S/C25H30N2O4/c1-25(2,3)31-24(28)27-13-12-23(19-8-10-21(29-4)11-9-19)20(16-27)17-30-22-7-5-6-18(14-22)15-26/h5-11,14,20,23H,12-13,16-17H2,1-4H3/t20-,23+/m0/s1. The number of rotatable bonds is 5. The highest BCUT2D eigenvalue weighted by molar-refractivity contribution is 5.68. The Morgan fingerprint density at radius 1 is 1.16 bits per heavy atom. The lowest BCUT2D eigenvalue weighted by Crippen LogP contribution is -2.46. The fraction of sp³-hybridized carbons (Fsp3) is 0.440. The Kier molecular flexibility index (Phi) is 7.06. The summed E-state index contributed by atoms with van der Waals surface area (Å²) in [6, 6.07) is 17.4. The van der Waals surface area contributed by atoms with Gasteiger partial charge < -0.3 is 19.1 Å². The maximum Gasteiger partial charge on any atom is 0.410 e. The summed E-state index contributed by atoms with van der Waals surface area (Å²) >= 11 is 0. The van der Waals surface area contributed by atoms with E-state index in [1.165, 1.54) is 5.56 Å².